The number of methoxy groups -OCH3 is 1. The molecule has 232 valence electrons. The van der Waals surface area contributed by atoms with Gasteiger partial charge in [-0.2, -0.15) is 13.9 Å². The summed E-state index contributed by atoms with van der Waals surface area (Å²) < 4.78 is 63.8. The molecular formula is C30H31F2N5O6S. The molecule has 0 unspecified atom stereocenters. The van der Waals surface area contributed by atoms with E-state index in [1.807, 2.05) is 0 Å². The highest BCUT2D eigenvalue weighted by Gasteiger charge is 2.35. The smallest absolute Gasteiger partial charge is 0.321 e. The molecule has 1 aliphatic heterocycles. The fraction of sp³-hybridized carbons (Fsp3) is 0.333. The molecule has 3 heterocycles. The maximum Gasteiger partial charge on any atom is 0.321 e. The molecule has 0 saturated carbocycles. The Hall–Kier alpha value is -4.59. The van der Waals surface area contributed by atoms with Gasteiger partial charge in [-0.25, -0.2) is 18.1 Å². The summed E-state index contributed by atoms with van der Waals surface area (Å²) in [5.41, 5.74) is 2.20. The van der Waals surface area contributed by atoms with Gasteiger partial charge in [-0.3, -0.25) is 9.59 Å². The van der Waals surface area contributed by atoms with Gasteiger partial charge in [0, 0.05) is 41.7 Å². The largest absolute Gasteiger partial charge is 0.484 e. The van der Waals surface area contributed by atoms with Crippen molar-refractivity contribution in [3.05, 3.63) is 78.1 Å². The molecule has 44 heavy (non-hydrogen) atoms. The van der Waals surface area contributed by atoms with Crippen LogP contribution in [-0.4, -0.2) is 71.6 Å². The van der Waals surface area contributed by atoms with Gasteiger partial charge in [0.2, 0.25) is 5.88 Å². The Bertz CT molecular complexity index is 1790. The molecule has 1 aliphatic rings. The molecule has 0 spiro atoms. The van der Waals surface area contributed by atoms with Crippen molar-refractivity contribution >= 4 is 32.6 Å². The van der Waals surface area contributed by atoms with E-state index < -0.39 is 39.9 Å². The second kappa shape index (κ2) is 12.2. The first-order valence-corrected chi connectivity index (χ1v) is 15.6. The first-order chi connectivity index (χ1) is 20.8. The van der Waals surface area contributed by atoms with Crippen LogP contribution in [0.4, 0.5) is 8.78 Å². The zero-order valence-corrected chi connectivity index (χ0v) is 25.0. The Kier molecular flexibility index (Phi) is 8.55. The van der Waals surface area contributed by atoms with Crippen molar-refractivity contribution in [3.63, 3.8) is 0 Å². The first kappa shape index (κ1) is 30.9. The Morgan fingerprint density at radius 2 is 1.91 bits per heavy atom. The van der Waals surface area contributed by atoms with Gasteiger partial charge >= 0.3 is 5.92 Å². The van der Waals surface area contributed by atoms with Gasteiger partial charge in [-0.05, 0) is 55.8 Å². The number of halogens is 2. The van der Waals surface area contributed by atoms with Gasteiger partial charge in [0.05, 0.1) is 42.1 Å². The first-order valence-electron chi connectivity index (χ1n) is 13.8. The highest BCUT2D eigenvalue weighted by Crippen LogP contribution is 2.30. The van der Waals surface area contributed by atoms with Crippen molar-refractivity contribution in [2.24, 2.45) is 0 Å². The van der Waals surface area contributed by atoms with Crippen LogP contribution >= 0.6 is 0 Å². The highest BCUT2D eigenvalue weighted by atomic mass is 32.2. The van der Waals surface area contributed by atoms with Crippen molar-refractivity contribution in [3.8, 4) is 17.3 Å². The molecule has 2 aromatic heterocycles. The van der Waals surface area contributed by atoms with Crippen molar-refractivity contribution in [2.75, 3.05) is 18.6 Å². The van der Waals surface area contributed by atoms with Gasteiger partial charge < -0.3 is 20.1 Å². The summed E-state index contributed by atoms with van der Waals surface area (Å²) in [6.45, 7) is 2.08. The monoisotopic (exact) mass is 627 g/mol. The zero-order valence-electron chi connectivity index (χ0n) is 24.2. The molecule has 11 nitrogen and oxygen atoms in total. The molecule has 1 saturated heterocycles. The van der Waals surface area contributed by atoms with Crippen molar-refractivity contribution in [2.45, 2.75) is 44.4 Å². The summed E-state index contributed by atoms with van der Waals surface area (Å²) in [5.74, 6) is -4.64. The van der Waals surface area contributed by atoms with E-state index in [2.05, 4.69) is 20.7 Å². The third-order valence-corrected chi connectivity index (χ3v) is 9.00. The van der Waals surface area contributed by atoms with Crippen molar-refractivity contribution in [1.82, 2.24) is 25.4 Å². The fourth-order valence-electron chi connectivity index (χ4n) is 4.94. The van der Waals surface area contributed by atoms with E-state index in [0.717, 1.165) is 0 Å². The Balaban J connectivity index is 1.38. The number of nitrogens with one attached hydrogen (secondary N) is 2. The molecular weight excluding hydrogens is 596 g/mol. The summed E-state index contributed by atoms with van der Waals surface area (Å²) in [5, 5.41) is 10.3. The number of alkyl halides is 2. The summed E-state index contributed by atoms with van der Waals surface area (Å²) in [4.78, 5) is 29.1. The molecule has 2 aromatic carbocycles. The maximum atomic E-state index is 13.6. The average molecular weight is 628 g/mol. The summed E-state index contributed by atoms with van der Waals surface area (Å²) >= 11 is 0. The molecule has 14 heteroatoms. The highest BCUT2D eigenvalue weighted by molar-refractivity contribution is 7.91. The number of benzene rings is 2. The molecule has 0 aliphatic carbocycles. The summed E-state index contributed by atoms with van der Waals surface area (Å²) in [7, 11) is -1.67. The van der Waals surface area contributed by atoms with Crippen LogP contribution in [-0.2, 0) is 14.6 Å². The fourth-order valence-corrected chi connectivity index (χ4v) is 6.62. The molecule has 2 amide bonds. The van der Waals surface area contributed by atoms with E-state index in [0.29, 0.717) is 52.7 Å². The number of hydrogen-bond donors (Lipinski definition) is 2. The maximum absolute atomic E-state index is 13.6. The van der Waals surface area contributed by atoms with Crippen LogP contribution in [0.25, 0.3) is 16.6 Å². The zero-order chi connectivity index (χ0) is 31.6. The van der Waals surface area contributed by atoms with E-state index in [4.69, 9.17) is 9.47 Å². The van der Waals surface area contributed by atoms with E-state index in [-0.39, 0.29) is 17.4 Å². The number of nitrogens with zero attached hydrogens (tertiary/aromatic N) is 3. The Morgan fingerprint density at radius 1 is 1.11 bits per heavy atom. The van der Waals surface area contributed by atoms with Gasteiger partial charge in [0.15, 0.2) is 9.84 Å². The predicted molar refractivity (Wildman–Crippen MR) is 158 cm³/mol. The van der Waals surface area contributed by atoms with Crippen LogP contribution in [0, 0.1) is 0 Å². The van der Waals surface area contributed by atoms with E-state index >= 15 is 0 Å². The molecule has 1 fully saturated rings. The average Bonchev–Trinajstić information content (AvgIpc) is 3.57. The summed E-state index contributed by atoms with van der Waals surface area (Å²) in [6, 6.07) is 14.0. The number of hydrogen-bond acceptors (Lipinski definition) is 8. The van der Waals surface area contributed by atoms with Crippen LogP contribution in [0.2, 0.25) is 0 Å². The SMILES string of the molecule is COc1ccc([C@@H](Oc2ccc3c(cnn3-c3cccc(C(=O)N[C@@H]4CCS(=O)(=O)C4)c3)c2)[C@H](C)NC(=O)C(C)(F)F)cn1. The molecule has 5 rings (SSSR count). The molecule has 0 bridgehead atoms. The van der Waals surface area contributed by atoms with Gasteiger partial charge in [-0.15, -0.1) is 0 Å². The topological polar surface area (TPSA) is 142 Å². The van der Waals surface area contributed by atoms with Gasteiger partial charge in [0.25, 0.3) is 11.8 Å². The lowest BCUT2D eigenvalue weighted by molar-refractivity contribution is -0.144. The number of rotatable bonds is 10. The minimum Gasteiger partial charge on any atom is -0.484 e. The number of sulfone groups is 1. The van der Waals surface area contributed by atoms with Crippen LogP contribution in [0.3, 0.4) is 0 Å². The number of fused-ring (bicyclic) bond motifs is 1. The Morgan fingerprint density at radius 3 is 2.57 bits per heavy atom. The quantitative estimate of drug-likeness (QED) is 0.272. The molecule has 0 radical (unpaired) electrons. The van der Waals surface area contributed by atoms with Gasteiger partial charge in [0.1, 0.15) is 11.9 Å². The van der Waals surface area contributed by atoms with Gasteiger partial charge in [-0.1, -0.05) is 6.07 Å². The number of amides is 2. The van der Waals surface area contributed by atoms with Crippen LogP contribution in [0.5, 0.6) is 11.6 Å². The standard InChI is InChI=1S/C30H31F2N5O6S/c1-18(35-29(39)30(2,31)32)27(20-7-10-26(42-3)33-15-20)43-24-8-9-25-21(14-24)16-34-37(25)23-6-4-5-19(13-23)28(38)36-22-11-12-44(40,41)17-22/h4-10,13-16,18,22,27H,11-12,17H2,1-3H3,(H,35,39)(H,36,38)/t18-,22+,27-/m0/s1. The van der Waals surface area contributed by atoms with Crippen molar-refractivity contribution < 1.29 is 36.3 Å². The van der Waals surface area contributed by atoms with Crippen LogP contribution in [0.15, 0.2) is 67.0 Å². The summed E-state index contributed by atoms with van der Waals surface area (Å²) in [6.07, 6.45) is 2.61. The number of carbonyl (C=O) groups is 2. The van der Waals surface area contributed by atoms with E-state index in [1.54, 1.807) is 72.4 Å². The lowest BCUT2D eigenvalue weighted by atomic mass is 10.0. The molecule has 3 atom stereocenters. The third kappa shape index (κ3) is 6.96. The number of aromatic nitrogens is 3. The number of ether oxygens (including phenoxy) is 2. The van der Waals surface area contributed by atoms with Crippen molar-refractivity contribution in [1.29, 1.82) is 0 Å². The lowest BCUT2D eigenvalue weighted by Gasteiger charge is -2.27. The van der Waals surface area contributed by atoms with E-state index in [1.165, 1.54) is 13.3 Å². The predicted octanol–water partition coefficient (Wildman–Crippen LogP) is 3.63. The molecule has 4 aromatic rings. The van der Waals surface area contributed by atoms with Crippen LogP contribution in [0.1, 0.15) is 42.3 Å². The van der Waals surface area contributed by atoms with Crippen LogP contribution < -0.4 is 20.1 Å². The number of carbonyl (C=O) groups excluding carboxylic acids is 2. The minimum absolute atomic E-state index is 0.0585. The second-order valence-corrected chi connectivity index (χ2v) is 13.0. The second-order valence-electron chi connectivity index (χ2n) is 10.7. The normalized spacial score (nSPS) is 17.5. The molecule has 2 N–H and O–H groups in total. The lowest BCUT2D eigenvalue weighted by Crippen LogP contribution is -2.46. The number of pyridine rings is 1. The Labute approximate surface area is 252 Å². The minimum atomic E-state index is -3.57. The van der Waals surface area contributed by atoms with E-state index in [9.17, 15) is 26.8 Å². The third-order valence-electron chi connectivity index (χ3n) is 7.23.